The Morgan fingerprint density at radius 2 is 2.00 bits per heavy atom. The quantitative estimate of drug-likeness (QED) is 0.385. The minimum Gasteiger partial charge on any atom is -0.396 e. The van der Waals surface area contributed by atoms with Crippen molar-refractivity contribution in [2.45, 2.75) is 90.9 Å². The van der Waals surface area contributed by atoms with Crippen LogP contribution in [0.15, 0.2) is 17.6 Å². The SMILES string of the molecule is C=C(CC)c1cc(C(C)CCCCC(CC)CO)c(C(N)=O)c2c1C(CC)CC=N2. The molecule has 3 N–H and O–H groups in total. The number of unbranched alkanes of at least 4 members (excludes halogenated alkanes) is 1. The van der Waals surface area contributed by atoms with E-state index in [0.717, 1.165) is 79.3 Å². The summed E-state index contributed by atoms with van der Waals surface area (Å²) in [6.45, 7) is 13.2. The van der Waals surface area contributed by atoms with Crippen molar-refractivity contribution < 1.29 is 9.90 Å². The Morgan fingerprint density at radius 1 is 1.30 bits per heavy atom. The van der Waals surface area contributed by atoms with E-state index in [-0.39, 0.29) is 18.4 Å². The smallest absolute Gasteiger partial charge is 0.251 e. The van der Waals surface area contributed by atoms with Crippen LogP contribution in [0.3, 0.4) is 0 Å². The molecule has 1 aromatic rings. The highest BCUT2D eigenvalue weighted by Gasteiger charge is 2.29. The average Bonchev–Trinajstić information content (AvgIpc) is 2.76. The highest BCUT2D eigenvalue weighted by atomic mass is 16.3. The van der Waals surface area contributed by atoms with E-state index in [2.05, 4.69) is 45.3 Å². The van der Waals surface area contributed by atoms with Gasteiger partial charge in [-0.3, -0.25) is 9.79 Å². The number of aliphatic hydroxyl groups is 1. The van der Waals surface area contributed by atoms with Crippen LogP contribution in [-0.4, -0.2) is 23.8 Å². The molecule has 166 valence electrons. The molecule has 0 fully saturated rings. The Kier molecular flexibility index (Phi) is 9.29. The molecule has 0 saturated carbocycles. The van der Waals surface area contributed by atoms with Crippen molar-refractivity contribution in [3.63, 3.8) is 0 Å². The summed E-state index contributed by atoms with van der Waals surface area (Å²) in [5.41, 5.74) is 11.7. The van der Waals surface area contributed by atoms with Crippen LogP contribution < -0.4 is 5.73 Å². The number of aliphatic imine (C=N–C) groups is 1. The number of nitrogens with zero attached hydrogens (tertiary/aromatic N) is 1. The maximum atomic E-state index is 12.5. The number of amides is 1. The third kappa shape index (κ3) is 5.40. The molecule has 3 atom stereocenters. The van der Waals surface area contributed by atoms with E-state index in [4.69, 9.17) is 5.73 Å². The highest BCUT2D eigenvalue weighted by molar-refractivity contribution is 6.02. The standard InChI is InChI=1S/C26H40N2O2/c1-6-17(4)21-15-22(18(5)11-9-10-12-19(7-2)16-29)24(26(27)30)25-23(21)20(8-3)13-14-28-25/h14-15,18-20,29H,4,6-13,16H2,1-3,5H3,(H2,27,30). The van der Waals surface area contributed by atoms with Crippen molar-refractivity contribution in [3.05, 3.63) is 34.9 Å². The second-order valence-electron chi connectivity index (χ2n) is 8.77. The number of carbonyl (C=O) groups excluding carboxylic acids is 1. The van der Waals surface area contributed by atoms with Crippen LogP contribution in [0, 0.1) is 5.92 Å². The minimum atomic E-state index is -0.387. The third-order valence-electron chi connectivity index (χ3n) is 6.80. The number of benzene rings is 1. The van der Waals surface area contributed by atoms with Crippen molar-refractivity contribution >= 4 is 23.4 Å². The molecule has 1 aliphatic rings. The molecule has 2 rings (SSSR count). The number of rotatable bonds is 12. The molecule has 4 heteroatoms. The van der Waals surface area contributed by atoms with Gasteiger partial charge in [0, 0.05) is 12.8 Å². The number of hydrogen-bond donors (Lipinski definition) is 2. The first kappa shape index (κ1) is 24.3. The summed E-state index contributed by atoms with van der Waals surface area (Å²) in [6, 6.07) is 2.18. The Labute approximate surface area is 182 Å². The molecule has 0 radical (unpaired) electrons. The topological polar surface area (TPSA) is 75.7 Å². The molecule has 0 aromatic heterocycles. The van der Waals surface area contributed by atoms with Gasteiger partial charge in [0.15, 0.2) is 0 Å². The minimum absolute atomic E-state index is 0.215. The van der Waals surface area contributed by atoms with E-state index in [1.807, 2.05) is 6.21 Å². The summed E-state index contributed by atoms with van der Waals surface area (Å²) >= 11 is 0. The molecule has 0 spiro atoms. The van der Waals surface area contributed by atoms with Gasteiger partial charge in [-0.25, -0.2) is 0 Å². The molecule has 1 heterocycles. The Bertz CT molecular complexity index is 778. The fourth-order valence-electron chi connectivity index (χ4n) is 4.61. The van der Waals surface area contributed by atoms with Crippen molar-refractivity contribution in [3.8, 4) is 0 Å². The van der Waals surface area contributed by atoms with E-state index >= 15 is 0 Å². The third-order valence-corrected chi connectivity index (χ3v) is 6.80. The van der Waals surface area contributed by atoms with Gasteiger partial charge in [-0.1, -0.05) is 53.5 Å². The summed E-state index contributed by atoms with van der Waals surface area (Å²) in [6.07, 6.45) is 9.91. The van der Waals surface area contributed by atoms with E-state index in [9.17, 15) is 9.90 Å². The normalized spacial score (nSPS) is 17.4. The molecule has 0 aliphatic carbocycles. The molecule has 1 aliphatic heterocycles. The molecule has 0 bridgehead atoms. The summed E-state index contributed by atoms with van der Waals surface area (Å²) in [7, 11) is 0. The maximum absolute atomic E-state index is 12.5. The fourth-order valence-corrected chi connectivity index (χ4v) is 4.61. The molecule has 1 amide bonds. The summed E-state index contributed by atoms with van der Waals surface area (Å²) < 4.78 is 0. The highest BCUT2D eigenvalue weighted by Crippen LogP contribution is 2.45. The van der Waals surface area contributed by atoms with Gasteiger partial charge in [-0.05, 0) is 78.2 Å². The predicted octanol–water partition coefficient (Wildman–Crippen LogP) is 6.49. The maximum Gasteiger partial charge on any atom is 0.251 e. The Balaban J connectivity index is 2.40. The number of hydrogen-bond acceptors (Lipinski definition) is 3. The molecule has 1 aromatic carbocycles. The lowest BCUT2D eigenvalue weighted by molar-refractivity contribution is 0.0999. The first-order chi connectivity index (χ1) is 14.4. The number of allylic oxidation sites excluding steroid dienone is 1. The second-order valence-corrected chi connectivity index (χ2v) is 8.77. The van der Waals surface area contributed by atoms with Crippen LogP contribution in [0.2, 0.25) is 0 Å². The summed E-state index contributed by atoms with van der Waals surface area (Å²) in [5, 5.41) is 9.40. The Morgan fingerprint density at radius 3 is 2.57 bits per heavy atom. The van der Waals surface area contributed by atoms with Crippen LogP contribution in [0.25, 0.3) is 5.57 Å². The van der Waals surface area contributed by atoms with Gasteiger partial charge in [0.2, 0.25) is 0 Å². The molecule has 4 nitrogen and oxygen atoms in total. The zero-order valence-corrected chi connectivity index (χ0v) is 19.3. The van der Waals surface area contributed by atoms with Crippen LogP contribution in [0.1, 0.15) is 118 Å². The van der Waals surface area contributed by atoms with Gasteiger partial charge < -0.3 is 10.8 Å². The zero-order valence-electron chi connectivity index (χ0n) is 19.3. The molecular weight excluding hydrogens is 372 g/mol. The average molecular weight is 413 g/mol. The van der Waals surface area contributed by atoms with E-state index in [1.165, 1.54) is 0 Å². The lowest BCUT2D eigenvalue weighted by atomic mass is 9.78. The van der Waals surface area contributed by atoms with Crippen LogP contribution in [0.5, 0.6) is 0 Å². The van der Waals surface area contributed by atoms with Crippen molar-refractivity contribution in [2.24, 2.45) is 16.6 Å². The van der Waals surface area contributed by atoms with Crippen LogP contribution >= 0.6 is 0 Å². The van der Waals surface area contributed by atoms with Gasteiger partial charge in [-0.15, -0.1) is 0 Å². The largest absolute Gasteiger partial charge is 0.396 e. The van der Waals surface area contributed by atoms with Gasteiger partial charge in [0.25, 0.3) is 5.91 Å². The second kappa shape index (κ2) is 11.5. The Hall–Kier alpha value is -1.94. The zero-order chi connectivity index (χ0) is 22.3. The van der Waals surface area contributed by atoms with Crippen LogP contribution in [-0.2, 0) is 0 Å². The number of primary amides is 1. The molecule has 3 unspecified atom stereocenters. The summed E-state index contributed by atoms with van der Waals surface area (Å²) in [4.78, 5) is 17.2. The number of carbonyl (C=O) groups is 1. The van der Waals surface area contributed by atoms with Gasteiger partial charge in [-0.2, -0.15) is 0 Å². The molecule has 0 saturated heterocycles. The number of aliphatic hydroxyl groups excluding tert-OH is 1. The van der Waals surface area contributed by atoms with Gasteiger partial charge in [0.05, 0.1) is 11.3 Å². The molecule has 30 heavy (non-hydrogen) atoms. The first-order valence-corrected chi connectivity index (χ1v) is 11.7. The molecular formula is C26H40N2O2. The lowest BCUT2D eigenvalue weighted by Crippen LogP contribution is -2.19. The lowest BCUT2D eigenvalue weighted by Gasteiger charge is -2.28. The number of nitrogens with two attached hydrogens (primary N) is 1. The van der Waals surface area contributed by atoms with Crippen LogP contribution in [0.4, 0.5) is 5.69 Å². The van der Waals surface area contributed by atoms with E-state index in [1.54, 1.807) is 0 Å². The fraction of sp³-hybridized carbons (Fsp3) is 0.615. The van der Waals surface area contributed by atoms with Gasteiger partial charge in [0.1, 0.15) is 0 Å². The predicted molar refractivity (Wildman–Crippen MR) is 128 cm³/mol. The van der Waals surface area contributed by atoms with Gasteiger partial charge >= 0.3 is 0 Å². The van der Waals surface area contributed by atoms with Crippen molar-refractivity contribution in [1.29, 1.82) is 0 Å². The number of fused-ring (bicyclic) bond motifs is 1. The monoisotopic (exact) mass is 412 g/mol. The van der Waals surface area contributed by atoms with Crippen molar-refractivity contribution in [2.75, 3.05) is 6.61 Å². The van der Waals surface area contributed by atoms with E-state index < -0.39 is 0 Å². The summed E-state index contributed by atoms with van der Waals surface area (Å²) in [5.74, 6) is 0.572. The first-order valence-electron chi connectivity index (χ1n) is 11.7. The van der Waals surface area contributed by atoms with Crippen molar-refractivity contribution in [1.82, 2.24) is 0 Å². The van der Waals surface area contributed by atoms with E-state index in [0.29, 0.717) is 17.4 Å².